The number of nitrogens with two attached hydrogens (primary N) is 2. The van der Waals surface area contributed by atoms with Crippen LogP contribution in [0.4, 0.5) is 9.59 Å². The van der Waals surface area contributed by atoms with Crippen LogP contribution in [0.15, 0.2) is 0 Å². The van der Waals surface area contributed by atoms with Crippen molar-refractivity contribution in [2.45, 2.75) is 6.17 Å². The number of hydrogen-bond acceptors (Lipinski definition) is 3. The van der Waals surface area contributed by atoms with E-state index in [4.69, 9.17) is 5.11 Å². The Morgan fingerprint density at radius 1 is 1.00 bits per heavy atom. The van der Waals surface area contributed by atoms with Crippen LogP contribution in [0.1, 0.15) is 0 Å². The van der Waals surface area contributed by atoms with Gasteiger partial charge in [-0.1, -0.05) is 0 Å². The quantitative estimate of drug-likeness (QED) is 0.244. The molecule has 0 bridgehead atoms. The number of hydrogen-bond donors (Lipinski definition) is 5. The van der Waals surface area contributed by atoms with Gasteiger partial charge in [-0.25, -0.2) is 14.4 Å². The van der Waals surface area contributed by atoms with Crippen molar-refractivity contribution in [2.75, 3.05) is 0 Å². The number of rotatable bonds is 3. The second-order valence-electron chi connectivity index (χ2n) is 1.79. The summed E-state index contributed by atoms with van der Waals surface area (Å²) in [6.45, 7) is 0. The largest absolute Gasteiger partial charge is 0.478 e. The summed E-state index contributed by atoms with van der Waals surface area (Å²) in [7, 11) is 0. The van der Waals surface area contributed by atoms with Crippen molar-refractivity contribution < 1.29 is 30.4 Å². The van der Waals surface area contributed by atoms with E-state index in [9.17, 15) is 14.4 Å². The summed E-state index contributed by atoms with van der Waals surface area (Å²) in [5.41, 5.74) is 9.20. The second kappa shape index (κ2) is 10.5. The van der Waals surface area contributed by atoms with Gasteiger partial charge >= 0.3 is 18.0 Å². The zero-order chi connectivity index (χ0) is 9.72. The molecule has 0 spiro atoms. The fourth-order valence-corrected chi connectivity index (χ4v) is 0.444. The van der Waals surface area contributed by atoms with E-state index in [0.717, 1.165) is 0 Å². The van der Waals surface area contributed by atoms with Gasteiger partial charge in [0, 0.05) is 17.4 Å². The molecule has 0 aliphatic rings. The smallest absolute Gasteiger partial charge is 0.347 e. The van der Waals surface area contributed by atoms with Crippen molar-refractivity contribution in [1.82, 2.24) is 10.6 Å². The van der Waals surface area contributed by atoms with Gasteiger partial charge in [0.15, 0.2) is 0 Å². The molecule has 87 valence electrons. The van der Waals surface area contributed by atoms with E-state index in [1.165, 1.54) is 0 Å². The van der Waals surface area contributed by atoms with E-state index in [2.05, 4.69) is 11.5 Å². The van der Waals surface area contributed by atoms with Crippen LogP contribution in [-0.4, -0.2) is 57.6 Å². The molecule has 4 amide bonds. The predicted octanol–water partition coefficient (Wildman–Crippen LogP) is -4.30. The first-order valence-corrected chi connectivity index (χ1v) is 2.78. The highest BCUT2D eigenvalue weighted by atomic mass is 27.0. The molecular weight excluding hydrogens is 227 g/mol. The summed E-state index contributed by atoms with van der Waals surface area (Å²) in [5.74, 6) is -1.47. The summed E-state index contributed by atoms with van der Waals surface area (Å²) in [5, 5.41) is 11.8. The van der Waals surface area contributed by atoms with E-state index >= 15 is 0 Å². The zero-order valence-electron chi connectivity index (χ0n) is 7.48. The molecule has 0 aromatic carbocycles. The van der Waals surface area contributed by atoms with Crippen molar-refractivity contribution in [2.24, 2.45) is 11.5 Å². The Hall–Kier alpha value is -1.54. The van der Waals surface area contributed by atoms with E-state index in [1.54, 1.807) is 10.6 Å². The average molecular weight is 239 g/mol. The van der Waals surface area contributed by atoms with E-state index in [1.807, 2.05) is 0 Å². The lowest BCUT2D eigenvalue weighted by molar-refractivity contribution is -0.139. The fourth-order valence-electron chi connectivity index (χ4n) is 0.444. The van der Waals surface area contributed by atoms with Crippen molar-refractivity contribution >= 4 is 35.4 Å². The molecule has 0 rings (SSSR count). The molecule has 0 saturated heterocycles. The van der Waals surface area contributed by atoms with Crippen LogP contribution in [0.25, 0.3) is 0 Å². The summed E-state index contributed by atoms with van der Waals surface area (Å²) in [6, 6.07) is -2.15. The molecule has 0 atom stereocenters. The summed E-state index contributed by atoms with van der Waals surface area (Å²) < 4.78 is 0. The molecule has 3 radical (unpaired) electrons. The van der Waals surface area contributed by atoms with Crippen molar-refractivity contribution in [3.63, 3.8) is 0 Å². The topological polar surface area (TPSA) is 211 Å². The van der Waals surface area contributed by atoms with Crippen LogP contribution in [0.5, 0.6) is 0 Å². The molecule has 0 aromatic heterocycles. The molecule has 15 heavy (non-hydrogen) atoms. The van der Waals surface area contributed by atoms with E-state index in [0.29, 0.717) is 0 Å². The number of urea groups is 2. The van der Waals surface area contributed by atoms with Gasteiger partial charge in [-0.05, 0) is 0 Å². The summed E-state index contributed by atoms with van der Waals surface area (Å²) >= 11 is 0. The molecule has 0 unspecified atom stereocenters. The highest BCUT2D eigenvalue weighted by Crippen LogP contribution is 1.76. The Balaban J connectivity index is -0.000000202. The van der Waals surface area contributed by atoms with Gasteiger partial charge in [-0.15, -0.1) is 0 Å². The number of amides is 4. The number of primary amides is 2. The molecule has 11 N–H and O–H groups in total. The van der Waals surface area contributed by atoms with Crippen LogP contribution in [-0.2, 0) is 4.79 Å². The average Bonchev–Trinajstić information content (AvgIpc) is 1.83. The first-order chi connectivity index (χ1) is 5.43. The number of aliphatic carboxylic acids is 1. The SMILES string of the molecule is NC(=O)NC(NC(N)=O)C(=O)O.O.O.[Al]. The van der Waals surface area contributed by atoms with Crippen molar-refractivity contribution in [3.05, 3.63) is 0 Å². The Morgan fingerprint density at radius 3 is 1.40 bits per heavy atom. The van der Waals surface area contributed by atoms with Crippen LogP contribution >= 0.6 is 0 Å². The van der Waals surface area contributed by atoms with Gasteiger partial charge in [0.05, 0.1) is 0 Å². The minimum absolute atomic E-state index is 0. The number of carboxylic acid groups (broad SMARTS) is 1. The Kier molecular flexibility index (Phi) is 16.4. The van der Waals surface area contributed by atoms with Gasteiger partial charge in [0.1, 0.15) is 0 Å². The van der Waals surface area contributed by atoms with Gasteiger partial charge in [0.2, 0.25) is 6.17 Å². The number of nitrogens with one attached hydrogen (secondary N) is 2. The monoisotopic (exact) mass is 239 g/mol. The normalized spacial score (nSPS) is 7.27. The highest BCUT2D eigenvalue weighted by Gasteiger charge is 2.19. The number of carboxylic acids is 1. The standard InChI is InChI=1S/C4H8N4O4.Al.2H2O/c5-3(11)7-1(2(9)10)8-4(6)12;;;/h1H,(H,9,10)(H3,5,7,11)(H3,6,8,12);;2*1H2. The fraction of sp³-hybridized carbons (Fsp3) is 0.250. The number of carbonyl (C=O) groups excluding carboxylic acids is 2. The molecule has 11 heteroatoms. The third kappa shape index (κ3) is 12.5. The van der Waals surface area contributed by atoms with Crippen LogP contribution < -0.4 is 22.1 Å². The minimum atomic E-state index is -1.60. The molecule has 0 aliphatic carbocycles. The number of carbonyl (C=O) groups is 3. The van der Waals surface area contributed by atoms with Gasteiger partial charge < -0.3 is 38.2 Å². The Bertz CT molecular complexity index is 207. The minimum Gasteiger partial charge on any atom is -0.478 e. The van der Waals surface area contributed by atoms with Gasteiger partial charge in [0.25, 0.3) is 0 Å². The zero-order valence-corrected chi connectivity index (χ0v) is 8.64. The van der Waals surface area contributed by atoms with Crippen molar-refractivity contribution in [1.29, 1.82) is 0 Å². The first-order valence-electron chi connectivity index (χ1n) is 2.78. The Morgan fingerprint density at radius 2 is 1.27 bits per heavy atom. The summed E-state index contributed by atoms with van der Waals surface area (Å²) in [6.07, 6.45) is -1.60. The van der Waals surface area contributed by atoms with E-state index in [-0.39, 0.29) is 28.3 Å². The molecule has 10 nitrogen and oxygen atoms in total. The third-order valence-corrected chi connectivity index (χ3v) is 0.820. The Labute approximate surface area is 94.7 Å². The first kappa shape index (κ1) is 23.4. The molecule has 0 aromatic rings. The predicted molar refractivity (Wildman–Crippen MR) is 49.8 cm³/mol. The molecular formula is C4H12AlN4O6. The lowest BCUT2D eigenvalue weighted by Gasteiger charge is -2.12. The van der Waals surface area contributed by atoms with Crippen molar-refractivity contribution in [3.8, 4) is 0 Å². The molecule has 0 aliphatic heterocycles. The van der Waals surface area contributed by atoms with Crippen LogP contribution in [0, 0.1) is 0 Å². The van der Waals surface area contributed by atoms with Crippen LogP contribution in [0.3, 0.4) is 0 Å². The van der Waals surface area contributed by atoms with Gasteiger partial charge in [-0.2, -0.15) is 0 Å². The lowest BCUT2D eigenvalue weighted by atomic mass is 10.5. The van der Waals surface area contributed by atoms with E-state index < -0.39 is 24.2 Å². The van der Waals surface area contributed by atoms with Gasteiger partial charge in [-0.3, -0.25) is 0 Å². The third-order valence-electron chi connectivity index (χ3n) is 0.820. The maximum Gasteiger partial charge on any atom is 0.347 e. The molecule has 0 saturated carbocycles. The molecule has 0 fully saturated rings. The second-order valence-corrected chi connectivity index (χ2v) is 1.79. The summed E-state index contributed by atoms with van der Waals surface area (Å²) in [4.78, 5) is 30.5. The lowest BCUT2D eigenvalue weighted by Crippen LogP contribution is -2.55. The highest BCUT2D eigenvalue weighted by molar-refractivity contribution is 5.85. The maximum absolute atomic E-state index is 10.2. The van der Waals surface area contributed by atoms with Crippen LogP contribution in [0.2, 0.25) is 0 Å². The maximum atomic E-state index is 10.2. The molecule has 0 heterocycles.